The normalized spacial score (nSPS) is 14.1. The topological polar surface area (TPSA) is 96.0 Å². The molecule has 2 N–H and O–H groups in total. The smallest absolute Gasteiger partial charge is 0.264 e. The molecule has 10 heteroatoms. The Morgan fingerprint density at radius 1 is 1.12 bits per heavy atom. The number of hydrogen-bond donors (Lipinski definition) is 2. The van der Waals surface area contributed by atoms with Crippen molar-refractivity contribution in [2.45, 2.75) is 6.43 Å². The third-order valence-corrected chi connectivity index (χ3v) is 5.47. The number of benzene rings is 2. The molecule has 1 saturated heterocycles. The molecule has 0 spiro atoms. The van der Waals surface area contributed by atoms with Gasteiger partial charge in [-0.05, 0) is 42.5 Å². The zero-order valence-electron chi connectivity index (χ0n) is 17.5. The van der Waals surface area contributed by atoms with Gasteiger partial charge in [0.2, 0.25) is 0 Å². The molecule has 1 amide bonds. The largest absolute Gasteiger partial charge is 0.378 e. The van der Waals surface area contributed by atoms with Crippen molar-refractivity contribution in [1.29, 1.82) is 0 Å². The molecule has 3 heterocycles. The van der Waals surface area contributed by atoms with Crippen LogP contribution in [0.1, 0.15) is 22.3 Å². The Morgan fingerprint density at radius 2 is 1.97 bits per heavy atom. The third kappa shape index (κ3) is 4.24. The summed E-state index contributed by atoms with van der Waals surface area (Å²) in [5, 5.41) is 10.3. The van der Waals surface area contributed by atoms with E-state index in [4.69, 9.17) is 4.74 Å². The van der Waals surface area contributed by atoms with Crippen LogP contribution in [0.25, 0.3) is 22.4 Å². The monoisotopic (exact) mass is 450 g/mol. The summed E-state index contributed by atoms with van der Waals surface area (Å²) in [6.45, 7) is 2.43. The molecule has 8 nitrogen and oxygen atoms in total. The molecule has 0 bridgehead atoms. The number of carbonyl (C=O) groups excluding carboxylic acids is 1. The van der Waals surface area contributed by atoms with E-state index in [-0.39, 0.29) is 11.4 Å². The van der Waals surface area contributed by atoms with Gasteiger partial charge >= 0.3 is 0 Å². The molecule has 2 aromatic carbocycles. The predicted octanol–water partition coefficient (Wildman–Crippen LogP) is 4.05. The van der Waals surface area contributed by atoms with E-state index in [2.05, 4.69) is 25.5 Å². The Labute approximate surface area is 187 Å². The second-order valence-electron chi connectivity index (χ2n) is 7.52. The van der Waals surface area contributed by atoms with Gasteiger partial charge < -0.3 is 19.9 Å². The predicted molar refractivity (Wildman–Crippen MR) is 120 cm³/mol. The molecule has 5 rings (SSSR count). The maximum Gasteiger partial charge on any atom is 0.264 e. The highest BCUT2D eigenvalue weighted by atomic mass is 19.3. The van der Waals surface area contributed by atoms with Gasteiger partial charge in [-0.15, -0.1) is 5.10 Å². The average Bonchev–Trinajstić information content (AvgIpc) is 3.29. The molecule has 0 saturated carbocycles. The van der Waals surface area contributed by atoms with Crippen LogP contribution in [0.15, 0.2) is 54.7 Å². The van der Waals surface area contributed by atoms with Crippen molar-refractivity contribution in [2.24, 2.45) is 0 Å². The van der Waals surface area contributed by atoms with Gasteiger partial charge in [-0.3, -0.25) is 4.79 Å². The second-order valence-corrected chi connectivity index (χ2v) is 7.52. The summed E-state index contributed by atoms with van der Waals surface area (Å²) in [6, 6.07) is 13.3. The number of H-pyrrole nitrogens is 1. The SMILES string of the molecule is O=C(Nc1cccnn1)c1cccc2[nH]c(-c3ccc(N4CCOCC4)cc3C(F)F)nc12. The molecule has 0 radical (unpaired) electrons. The van der Waals surface area contributed by atoms with Gasteiger partial charge in [-0.25, -0.2) is 13.8 Å². The highest BCUT2D eigenvalue weighted by molar-refractivity contribution is 6.11. The van der Waals surface area contributed by atoms with E-state index < -0.39 is 12.3 Å². The first kappa shape index (κ1) is 21.0. The molecule has 168 valence electrons. The highest BCUT2D eigenvalue weighted by Gasteiger charge is 2.22. The van der Waals surface area contributed by atoms with Crippen LogP contribution >= 0.6 is 0 Å². The van der Waals surface area contributed by atoms with Gasteiger partial charge in [0.05, 0.1) is 24.3 Å². The number of ether oxygens (including phenoxy) is 1. The number of anilines is 2. The number of fused-ring (bicyclic) bond motifs is 1. The molecule has 1 aliphatic heterocycles. The van der Waals surface area contributed by atoms with Crippen molar-refractivity contribution in [1.82, 2.24) is 20.2 Å². The van der Waals surface area contributed by atoms with Gasteiger partial charge in [0.15, 0.2) is 5.82 Å². The Balaban J connectivity index is 1.51. The van der Waals surface area contributed by atoms with Crippen molar-refractivity contribution in [2.75, 3.05) is 36.5 Å². The van der Waals surface area contributed by atoms with Gasteiger partial charge in [0.1, 0.15) is 11.3 Å². The van der Waals surface area contributed by atoms with Crippen LogP contribution < -0.4 is 10.2 Å². The number of imidazole rings is 1. The van der Waals surface area contributed by atoms with Gasteiger partial charge in [-0.1, -0.05) is 6.07 Å². The summed E-state index contributed by atoms with van der Waals surface area (Å²) in [4.78, 5) is 22.4. The number of alkyl halides is 2. The summed E-state index contributed by atoms with van der Waals surface area (Å²) < 4.78 is 33.4. The maximum absolute atomic E-state index is 14.0. The van der Waals surface area contributed by atoms with Crippen molar-refractivity contribution < 1.29 is 18.3 Å². The first-order chi connectivity index (χ1) is 16.1. The first-order valence-electron chi connectivity index (χ1n) is 10.4. The van der Waals surface area contributed by atoms with Gasteiger partial charge in [0, 0.05) is 36.1 Å². The number of carbonyl (C=O) groups is 1. The van der Waals surface area contributed by atoms with E-state index in [0.717, 1.165) is 5.69 Å². The van der Waals surface area contributed by atoms with E-state index in [0.29, 0.717) is 54.3 Å². The second kappa shape index (κ2) is 8.91. The molecular weight excluding hydrogens is 430 g/mol. The van der Waals surface area contributed by atoms with Crippen LogP contribution in [0.4, 0.5) is 20.3 Å². The highest BCUT2D eigenvalue weighted by Crippen LogP contribution is 2.34. The molecular formula is C23H20F2N6O2. The van der Waals surface area contributed by atoms with Crippen molar-refractivity contribution in [3.05, 3.63) is 65.9 Å². The molecule has 1 aliphatic rings. The number of para-hydroxylation sites is 1. The number of hydrogen-bond acceptors (Lipinski definition) is 6. The lowest BCUT2D eigenvalue weighted by Gasteiger charge is -2.29. The van der Waals surface area contributed by atoms with Crippen LogP contribution in [-0.2, 0) is 4.74 Å². The number of halogens is 2. The molecule has 2 aromatic heterocycles. The fourth-order valence-electron chi connectivity index (χ4n) is 3.86. The maximum atomic E-state index is 14.0. The lowest BCUT2D eigenvalue weighted by Crippen LogP contribution is -2.36. The summed E-state index contributed by atoms with van der Waals surface area (Å²) in [7, 11) is 0. The molecule has 0 aliphatic carbocycles. The van der Waals surface area contributed by atoms with Crippen molar-refractivity contribution in [3.8, 4) is 11.4 Å². The standard InChI is InChI=1S/C23H20F2N6O2/c24-21(25)17-13-14(31-9-11-33-12-10-31)6-7-15(17)22-27-18-4-1-3-16(20(18)29-22)23(32)28-19-5-2-8-26-30-19/h1-8,13,21H,9-12H2,(H,27,29)(H,28,30,32). The summed E-state index contributed by atoms with van der Waals surface area (Å²) in [6.07, 6.45) is -1.19. The molecule has 33 heavy (non-hydrogen) atoms. The molecule has 0 atom stereocenters. The average molecular weight is 450 g/mol. The van der Waals surface area contributed by atoms with Crippen molar-refractivity contribution >= 4 is 28.4 Å². The van der Waals surface area contributed by atoms with Crippen LogP contribution in [0.3, 0.4) is 0 Å². The first-order valence-corrected chi connectivity index (χ1v) is 10.4. The van der Waals surface area contributed by atoms with Crippen LogP contribution in [-0.4, -0.2) is 52.4 Å². The number of morpholine rings is 1. The lowest BCUT2D eigenvalue weighted by molar-refractivity contribution is 0.102. The number of aromatic amines is 1. The van der Waals surface area contributed by atoms with Gasteiger partial charge in [-0.2, -0.15) is 5.10 Å². The van der Waals surface area contributed by atoms with E-state index >= 15 is 0 Å². The van der Waals surface area contributed by atoms with Crippen LogP contribution in [0.5, 0.6) is 0 Å². The minimum absolute atomic E-state index is 0.122. The number of aromatic nitrogens is 4. The Bertz CT molecular complexity index is 1290. The number of nitrogens with one attached hydrogen (secondary N) is 2. The van der Waals surface area contributed by atoms with Crippen molar-refractivity contribution in [3.63, 3.8) is 0 Å². The Morgan fingerprint density at radius 3 is 2.73 bits per heavy atom. The molecule has 1 fully saturated rings. The quantitative estimate of drug-likeness (QED) is 0.476. The van der Waals surface area contributed by atoms with Crippen LogP contribution in [0, 0.1) is 0 Å². The Kier molecular flexibility index (Phi) is 5.66. The third-order valence-electron chi connectivity index (χ3n) is 5.47. The fraction of sp³-hybridized carbons (Fsp3) is 0.217. The fourth-order valence-corrected chi connectivity index (χ4v) is 3.86. The molecule has 0 unspecified atom stereocenters. The number of rotatable bonds is 5. The summed E-state index contributed by atoms with van der Waals surface area (Å²) in [5.41, 5.74) is 2.13. The number of nitrogens with zero attached hydrogens (tertiary/aromatic N) is 4. The zero-order chi connectivity index (χ0) is 22.8. The Hall–Kier alpha value is -3.92. The molecule has 4 aromatic rings. The van der Waals surface area contributed by atoms with E-state index in [9.17, 15) is 13.6 Å². The van der Waals surface area contributed by atoms with Crippen LogP contribution in [0.2, 0.25) is 0 Å². The van der Waals surface area contributed by atoms with Gasteiger partial charge in [0.25, 0.3) is 12.3 Å². The summed E-state index contributed by atoms with van der Waals surface area (Å²) in [5.74, 6) is 0.151. The van der Waals surface area contributed by atoms with E-state index in [1.54, 1.807) is 42.5 Å². The zero-order valence-corrected chi connectivity index (χ0v) is 17.5. The number of amides is 1. The minimum atomic E-state index is -2.69. The van der Waals surface area contributed by atoms with E-state index in [1.807, 2.05) is 4.90 Å². The van der Waals surface area contributed by atoms with E-state index in [1.165, 1.54) is 12.3 Å². The lowest BCUT2D eigenvalue weighted by atomic mass is 10.1. The summed E-state index contributed by atoms with van der Waals surface area (Å²) >= 11 is 0. The minimum Gasteiger partial charge on any atom is -0.378 e.